The first kappa shape index (κ1) is 21.0. The molecule has 0 atom stereocenters. The Morgan fingerprint density at radius 1 is 1.10 bits per heavy atom. The van der Waals surface area contributed by atoms with Crippen molar-refractivity contribution >= 4 is 28.3 Å². The number of aliphatic hydroxyl groups excluding tert-OH is 1. The Bertz CT molecular complexity index is 913. The summed E-state index contributed by atoms with van der Waals surface area (Å²) < 4.78 is 10.5. The van der Waals surface area contributed by atoms with Gasteiger partial charge < -0.3 is 19.5 Å². The van der Waals surface area contributed by atoms with Gasteiger partial charge in [0.15, 0.2) is 5.78 Å². The van der Waals surface area contributed by atoms with Crippen LogP contribution in [-0.2, 0) is 14.3 Å². The van der Waals surface area contributed by atoms with Gasteiger partial charge in [0.05, 0.1) is 37.7 Å². The van der Waals surface area contributed by atoms with Crippen molar-refractivity contribution in [1.29, 1.82) is 5.26 Å². The maximum Gasteiger partial charge on any atom is 0.173 e. The maximum absolute atomic E-state index is 12.5. The number of nitrogens with zero attached hydrogens (tertiary/aromatic N) is 2. The van der Waals surface area contributed by atoms with Crippen molar-refractivity contribution in [2.45, 2.75) is 12.8 Å². The van der Waals surface area contributed by atoms with Crippen LogP contribution in [0.2, 0.25) is 0 Å². The number of Topliss-reactive ketones (excluding diaryl/α,β-unsaturated/α-hetero) is 1. The van der Waals surface area contributed by atoms with Crippen LogP contribution in [0.3, 0.4) is 0 Å². The van der Waals surface area contributed by atoms with Crippen LogP contribution in [0.4, 0.5) is 5.69 Å². The molecule has 3 rings (SSSR count). The van der Waals surface area contributed by atoms with Gasteiger partial charge in [-0.05, 0) is 23.4 Å². The summed E-state index contributed by atoms with van der Waals surface area (Å²) >= 11 is 0. The van der Waals surface area contributed by atoms with Crippen LogP contribution in [0.5, 0.6) is 0 Å². The lowest BCUT2D eigenvalue weighted by Gasteiger charge is -2.12. The number of fused-ring (bicyclic) bond motifs is 1. The molecular formula is C23H26N2O4. The Kier molecular flexibility index (Phi) is 7.77. The van der Waals surface area contributed by atoms with Crippen LogP contribution in [0.25, 0.3) is 16.8 Å². The van der Waals surface area contributed by atoms with Crippen LogP contribution < -0.4 is 4.90 Å². The van der Waals surface area contributed by atoms with Crippen molar-refractivity contribution < 1.29 is 19.4 Å². The first-order valence-electron chi connectivity index (χ1n) is 9.92. The Balaban J connectivity index is 1.62. The molecule has 0 aliphatic carbocycles. The molecule has 152 valence electrons. The standard InChI is InChI=1S/C23H26N2O4/c24-17-20(22(27)6-3-12-28-14-15-29-13-11-26)16-19-8-7-18-4-1-2-5-21(18)23(19)25-9-10-25/h1-2,4-5,7-8,16,26H,3,6,9-15H2/b20-16+. The number of aliphatic hydroxyl groups is 1. The second-order valence-corrected chi connectivity index (χ2v) is 6.86. The Morgan fingerprint density at radius 2 is 1.86 bits per heavy atom. The number of carbonyl (C=O) groups excluding carboxylic acids is 1. The summed E-state index contributed by atoms with van der Waals surface area (Å²) in [5.74, 6) is -0.169. The average Bonchev–Trinajstić information content (AvgIpc) is 3.58. The molecule has 1 aliphatic heterocycles. The quantitative estimate of drug-likeness (QED) is 0.258. The number of hydrogen-bond donors (Lipinski definition) is 1. The highest BCUT2D eigenvalue weighted by Gasteiger charge is 2.23. The zero-order chi connectivity index (χ0) is 20.5. The monoisotopic (exact) mass is 394 g/mol. The average molecular weight is 394 g/mol. The number of ketones is 1. The van der Waals surface area contributed by atoms with Gasteiger partial charge in [0.25, 0.3) is 0 Å². The molecule has 2 aromatic carbocycles. The van der Waals surface area contributed by atoms with E-state index >= 15 is 0 Å². The number of anilines is 1. The van der Waals surface area contributed by atoms with Crippen LogP contribution in [0.1, 0.15) is 18.4 Å². The molecule has 1 aliphatic rings. The number of ether oxygens (including phenoxy) is 2. The van der Waals surface area contributed by atoms with E-state index in [1.54, 1.807) is 6.08 Å². The molecule has 6 heteroatoms. The molecule has 2 aromatic rings. The third-order valence-electron chi connectivity index (χ3n) is 4.72. The SMILES string of the molecule is N#C/C(=C\c1ccc2ccccc2c1N1CC1)C(=O)CCCOCCOCCO. The predicted molar refractivity (Wildman–Crippen MR) is 113 cm³/mol. The fraction of sp³-hybridized carbons (Fsp3) is 0.391. The van der Waals surface area contributed by atoms with Gasteiger partial charge >= 0.3 is 0 Å². The maximum atomic E-state index is 12.5. The summed E-state index contributed by atoms with van der Waals surface area (Å²) in [6.45, 7) is 3.54. The summed E-state index contributed by atoms with van der Waals surface area (Å²) in [4.78, 5) is 14.8. The zero-order valence-corrected chi connectivity index (χ0v) is 16.5. The molecule has 0 bridgehead atoms. The molecule has 1 saturated heterocycles. The van der Waals surface area contributed by atoms with Gasteiger partial charge in [-0.2, -0.15) is 5.26 Å². The summed E-state index contributed by atoms with van der Waals surface area (Å²) in [5, 5.41) is 20.4. The molecule has 0 aromatic heterocycles. The van der Waals surface area contributed by atoms with Gasteiger partial charge in [0, 0.05) is 31.5 Å². The number of nitriles is 1. The molecule has 0 amide bonds. The molecule has 1 heterocycles. The Morgan fingerprint density at radius 3 is 2.59 bits per heavy atom. The second-order valence-electron chi connectivity index (χ2n) is 6.86. The number of rotatable bonds is 12. The fourth-order valence-corrected chi connectivity index (χ4v) is 3.20. The Hall–Kier alpha value is -2.72. The van der Waals surface area contributed by atoms with Gasteiger partial charge in [-0.1, -0.05) is 36.4 Å². The molecule has 6 nitrogen and oxygen atoms in total. The van der Waals surface area contributed by atoms with Crippen molar-refractivity contribution in [1.82, 2.24) is 0 Å². The molecule has 0 spiro atoms. The highest BCUT2D eigenvalue weighted by atomic mass is 16.5. The summed E-state index contributed by atoms with van der Waals surface area (Å²) in [5.41, 5.74) is 2.17. The third kappa shape index (κ3) is 5.88. The van der Waals surface area contributed by atoms with Gasteiger partial charge in [0.1, 0.15) is 6.07 Å². The van der Waals surface area contributed by atoms with Crippen molar-refractivity contribution in [3.63, 3.8) is 0 Å². The van der Waals surface area contributed by atoms with Crippen molar-refractivity contribution in [3.05, 3.63) is 47.5 Å². The van der Waals surface area contributed by atoms with E-state index < -0.39 is 0 Å². The van der Waals surface area contributed by atoms with E-state index in [0.29, 0.717) is 32.8 Å². The van der Waals surface area contributed by atoms with Gasteiger partial charge in [-0.15, -0.1) is 0 Å². The van der Waals surface area contributed by atoms with Crippen LogP contribution in [-0.4, -0.2) is 57.0 Å². The van der Waals surface area contributed by atoms with E-state index in [-0.39, 0.29) is 24.4 Å². The largest absolute Gasteiger partial charge is 0.394 e. The molecule has 29 heavy (non-hydrogen) atoms. The number of hydrogen-bond acceptors (Lipinski definition) is 6. The lowest BCUT2D eigenvalue weighted by Crippen LogP contribution is -2.09. The number of benzene rings is 2. The van der Waals surface area contributed by atoms with Gasteiger partial charge in [-0.25, -0.2) is 0 Å². The van der Waals surface area contributed by atoms with E-state index in [0.717, 1.165) is 35.1 Å². The normalized spacial score (nSPS) is 13.5. The van der Waals surface area contributed by atoms with E-state index in [1.165, 1.54) is 0 Å². The topological polar surface area (TPSA) is 82.6 Å². The predicted octanol–water partition coefficient (Wildman–Crippen LogP) is 2.94. The van der Waals surface area contributed by atoms with E-state index in [4.69, 9.17) is 14.6 Å². The van der Waals surface area contributed by atoms with E-state index in [1.807, 2.05) is 24.3 Å². The van der Waals surface area contributed by atoms with E-state index in [9.17, 15) is 10.1 Å². The smallest absolute Gasteiger partial charge is 0.173 e. The molecule has 1 N–H and O–H groups in total. The first-order chi connectivity index (χ1) is 14.2. The molecule has 0 unspecified atom stereocenters. The van der Waals surface area contributed by atoms with Crippen molar-refractivity contribution in [2.75, 3.05) is 51.0 Å². The van der Waals surface area contributed by atoms with Crippen LogP contribution in [0, 0.1) is 11.3 Å². The first-order valence-corrected chi connectivity index (χ1v) is 9.92. The fourth-order valence-electron chi connectivity index (χ4n) is 3.20. The molecule has 1 fully saturated rings. The van der Waals surface area contributed by atoms with Crippen LogP contribution >= 0.6 is 0 Å². The summed E-state index contributed by atoms with van der Waals surface area (Å²) in [7, 11) is 0. The molecule has 0 saturated carbocycles. The lowest BCUT2D eigenvalue weighted by atomic mass is 10.00. The van der Waals surface area contributed by atoms with Gasteiger partial charge in [0.2, 0.25) is 0 Å². The molecule has 0 radical (unpaired) electrons. The minimum Gasteiger partial charge on any atom is -0.394 e. The van der Waals surface area contributed by atoms with Crippen molar-refractivity contribution in [3.8, 4) is 6.07 Å². The number of carbonyl (C=O) groups is 1. The third-order valence-corrected chi connectivity index (χ3v) is 4.72. The Labute approximate surface area is 170 Å². The zero-order valence-electron chi connectivity index (χ0n) is 16.5. The van der Waals surface area contributed by atoms with Gasteiger partial charge in [-0.3, -0.25) is 4.79 Å². The second kappa shape index (κ2) is 10.7. The minimum atomic E-state index is -0.169. The minimum absolute atomic E-state index is 0.00550. The highest BCUT2D eigenvalue weighted by molar-refractivity contribution is 6.06. The highest BCUT2D eigenvalue weighted by Crippen LogP contribution is 2.35. The lowest BCUT2D eigenvalue weighted by molar-refractivity contribution is -0.115. The van der Waals surface area contributed by atoms with E-state index in [2.05, 4.69) is 23.1 Å². The number of allylic oxidation sites excluding steroid dienone is 1. The summed E-state index contributed by atoms with van der Waals surface area (Å²) in [6, 6.07) is 14.2. The molecular weight excluding hydrogens is 368 g/mol. The summed E-state index contributed by atoms with van der Waals surface area (Å²) in [6.07, 6.45) is 2.53. The van der Waals surface area contributed by atoms with Crippen molar-refractivity contribution in [2.24, 2.45) is 0 Å². The van der Waals surface area contributed by atoms with Crippen LogP contribution in [0.15, 0.2) is 42.0 Å².